The molecular weight excluding hydrogens is 228 g/mol. The first-order valence-corrected chi connectivity index (χ1v) is 7.21. The lowest BCUT2D eigenvalue weighted by Crippen LogP contribution is -2.50. The van der Waals surface area contributed by atoms with Gasteiger partial charge in [0, 0.05) is 12.1 Å². The van der Waals surface area contributed by atoms with E-state index >= 15 is 0 Å². The van der Waals surface area contributed by atoms with E-state index < -0.39 is 0 Å². The smallest absolute Gasteiger partial charge is 0.320 e. The molecule has 0 heterocycles. The van der Waals surface area contributed by atoms with Gasteiger partial charge in [-0.2, -0.15) is 0 Å². The van der Waals surface area contributed by atoms with Gasteiger partial charge in [-0.15, -0.1) is 0 Å². The fraction of sp³-hybridized carbons (Fsp3) is 0.929. The monoisotopic (exact) mass is 256 g/mol. The van der Waals surface area contributed by atoms with Crippen LogP contribution >= 0.6 is 0 Å². The molecular formula is C14H28N2O2. The average Bonchev–Trinajstić information content (AvgIpc) is 2.36. The molecule has 0 aromatic rings. The van der Waals surface area contributed by atoms with Crippen LogP contribution in [-0.4, -0.2) is 42.6 Å². The van der Waals surface area contributed by atoms with Crippen molar-refractivity contribution in [3.8, 4) is 0 Å². The quantitative estimate of drug-likeness (QED) is 0.736. The lowest BCUT2D eigenvalue weighted by molar-refractivity contribution is -0.146. The van der Waals surface area contributed by atoms with E-state index in [4.69, 9.17) is 10.5 Å². The number of esters is 1. The van der Waals surface area contributed by atoms with Crippen molar-refractivity contribution >= 4 is 5.97 Å². The molecule has 1 fully saturated rings. The zero-order valence-electron chi connectivity index (χ0n) is 12.0. The average molecular weight is 256 g/mol. The molecule has 0 saturated heterocycles. The summed E-state index contributed by atoms with van der Waals surface area (Å²) in [6.07, 6.45) is 4.85. The maximum Gasteiger partial charge on any atom is 0.320 e. The summed E-state index contributed by atoms with van der Waals surface area (Å²) in [6.45, 7) is 7.70. The third-order valence-electron chi connectivity index (χ3n) is 3.88. The van der Waals surface area contributed by atoms with E-state index in [1.54, 1.807) is 0 Å². The van der Waals surface area contributed by atoms with Crippen LogP contribution in [0.4, 0.5) is 0 Å². The highest BCUT2D eigenvalue weighted by Gasteiger charge is 2.31. The van der Waals surface area contributed by atoms with Crippen molar-refractivity contribution in [2.45, 2.75) is 58.5 Å². The second kappa shape index (κ2) is 7.74. The molecule has 2 unspecified atom stereocenters. The zero-order valence-corrected chi connectivity index (χ0v) is 12.0. The van der Waals surface area contributed by atoms with Crippen molar-refractivity contribution in [3.05, 3.63) is 0 Å². The lowest BCUT2D eigenvalue weighted by Gasteiger charge is -2.41. The first-order chi connectivity index (χ1) is 8.60. The van der Waals surface area contributed by atoms with Crippen LogP contribution in [0.2, 0.25) is 0 Å². The topological polar surface area (TPSA) is 55.6 Å². The Balaban J connectivity index is 2.66. The molecule has 1 saturated carbocycles. The van der Waals surface area contributed by atoms with Crippen LogP contribution in [0, 0.1) is 5.92 Å². The second-order valence-electron chi connectivity index (χ2n) is 5.42. The molecule has 0 spiro atoms. The fourth-order valence-electron chi connectivity index (χ4n) is 2.94. The van der Waals surface area contributed by atoms with E-state index in [2.05, 4.69) is 18.7 Å². The molecule has 4 nitrogen and oxygen atoms in total. The SMILES string of the molecule is CCOC(=O)CN(C(C)C)C1CCCCC1CN. The summed E-state index contributed by atoms with van der Waals surface area (Å²) in [5, 5.41) is 0. The van der Waals surface area contributed by atoms with Gasteiger partial charge in [-0.05, 0) is 46.1 Å². The van der Waals surface area contributed by atoms with Gasteiger partial charge in [-0.1, -0.05) is 12.8 Å². The van der Waals surface area contributed by atoms with E-state index in [1.807, 2.05) is 6.92 Å². The van der Waals surface area contributed by atoms with Crippen molar-refractivity contribution in [2.24, 2.45) is 11.7 Å². The number of carbonyl (C=O) groups is 1. The molecule has 0 aliphatic heterocycles. The Labute approximate surface area is 111 Å². The van der Waals surface area contributed by atoms with E-state index in [0.717, 1.165) is 13.0 Å². The Bertz CT molecular complexity index is 256. The molecule has 2 atom stereocenters. The minimum atomic E-state index is -0.118. The molecule has 1 rings (SSSR count). The summed E-state index contributed by atoms with van der Waals surface area (Å²) in [5.74, 6) is 0.406. The van der Waals surface area contributed by atoms with E-state index in [1.165, 1.54) is 19.3 Å². The third-order valence-corrected chi connectivity index (χ3v) is 3.88. The minimum Gasteiger partial charge on any atom is -0.465 e. The van der Waals surface area contributed by atoms with Crippen LogP contribution in [0.25, 0.3) is 0 Å². The van der Waals surface area contributed by atoms with Gasteiger partial charge in [-0.25, -0.2) is 0 Å². The molecule has 4 heteroatoms. The van der Waals surface area contributed by atoms with Gasteiger partial charge in [-0.3, -0.25) is 9.69 Å². The number of carbonyl (C=O) groups excluding carboxylic acids is 1. The molecule has 106 valence electrons. The fourth-order valence-corrected chi connectivity index (χ4v) is 2.94. The molecule has 0 aromatic carbocycles. The van der Waals surface area contributed by atoms with Gasteiger partial charge in [0.05, 0.1) is 13.2 Å². The molecule has 1 aliphatic carbocycles. The highest BCUT2D eigenvalue weighted by Crippen LogP contribution is 2.29. The highest BCUT2D eigenvalue weighted by atomic mass is 16.5. The number of ether oxygens (including phenoxy) is 1. The zero-order chi connectivity index (χ0) is 13.5. The van der Waals surface area contributed by atoms with Crippen LogP contribution < -0.4 is 5.73 Å². The van der Waals surface area contributed by atoms with Gasteiger partial charge in [0.25, 0.3) is 0 Å². The summed E-state index contributed by atoms with van der Waals surface area (Å²) in [7, 11) is 0. The Hall–Kier alpha value is -0.610. The van der Waals surface area contributed by atoms with Crippen molar-refractivity contribution in [1.82, 2.24) is 4.90 Å². The van der Waals surface area contributed by atoms with Gasteiger partial charge >= 0.3 is 5.97 Å². The molecule has 18 heavy (non-hydrogen) atoms. The number of hydrogen-bond acceptors (Lipinski definition) is 4. The van der Waals surface area contributed by atoms with Gasteiger partial charge in [0.2, 0.25) is 0 Å². The minimum absolute atomic E-state index is 0.118. The summed E-state index contributed by atoms with van der Waals surface area (Å²) in [5.41, 5.74) is 5.88. The van der Waals surface area contributed by atoms with Gasteiger partial charge < -0.3 is 10.5 Å². The van der Waals surface area contributed by atoms with Crippen molar-refractivity contribution in [3.63, 3.8) is 0 Å². The molecule has 0 bridgehead atoms. The van der Waals surface area contributed by atoms with Crippen molar-refractivity contribution in [2.75, 3.05) is 19.7 Å². The largest absolute Gasteiger partial charge is 0.465 e. The Morgan fingerprint density at radius 3 is 2.61 bits per heavy atom. The number of hydrogen-bond donors (Lipinski definition) is 1. The summed E-state index contributed by atoms with van der Waals surface area (Å²) >= 11 is 0. The highest BCUT2D eigenvalue weighted by molar-refractivity contribution is 5.71. The van der Waals surface area contributed by atoms with Gasteiger partial charge in [0.15, 0.2) is 0 Å². The Morgan fingerprint density at radius 2 is 2.06 bits per heavy atom. The molecule has 0 amide bonds. The Morgan fingerprint density at radius 1 is 1.39 bits per heavy atom. The van der Waals surface area contributed by atoms with Gasteiger partial charge in [0.1, 0.15) is 0 Å². The maximum absolute atomic E-state index is 11.7. The van der Waals surface area contributed by atoms with E-state index in [-0.39, 0.29) is 5.97 Å². The van der Waals surface area contributed by atoms with E-state index in [0.29, 0.717) is 31.2 Å². The predicted octanol–water partition coefficient (Wildman–Crippen LogP) is 1.78. The first kappa shape index (κ1) is 15.4. The van der Waals surface area contributed by atoms with Crippen LogP contribution in [0.15, 0.2) is 0 Å². The summed E-state index contributed by atoms with van der Waals surface area (Å²) in [4.78, 5) is 14.0. The maximum atomic E-state index is 11.7. The Kier molecular flexibility index (Phi) is 6.65. The predicted molar refractivity (Wildman–Crippen MR) is 73.3 cm³/mol. The lowest BCUT2D eigenvalue weighted by atomic mass is 9.83. The number of rotatable bonds is 6. The van der Waals surface area contributed by atoms with Crippen LogP contribution in [0.5, 0.6) is 0 Å². The molecule has 2 N–H and O–H groups in total. The molecule has 0 radical (unpaired) electrons. The molecule has 1 aliphatic rings. The summed E-state index contributed by atoms with van der Waals surface area (Å²) < 4.78 is 5.07. The standard InChI is InChI=1S/C14H28N2O2/c1-4-18-14(17)10-16(11(2)3)13-8-6-5-7-12(13)9-15/h11-13H,4-10,15H2,1-3H3. The number of nitrogens with zero attached hydrogens (tertiary/aromatic N) is 1. The van der Waals surface area contributed by atoms with Crippen LogP contribution in [-0.2, 0) is 9.53 Å². The summed E-state index contributed by atoms with van der Waals surface area (Å²) in [6, 6.07) is 0.791. The van der Waals surface area contributed by atoms with Crippen LogP contribution in [0.3, 0.4) is 0 Å². The normalized spacial score (nSPS) is 24.6. The van der Waals surface area contributed by atoms with Crippen LogP contribution in [0.1, 0.15) is 46.5 Å². The number of nitrogens with two attached hydrogens (primary N) is 1. The third kappa shape index (κ3) is 4.25. The van der Waals surface area contributed by atoms with E-state index in [9.17, 15) is 4.79 Å². The first-order valence-electron chi connectivity index (χ1n) is 7.21. The van der Waals surface area contributed by atoms with Crippen molar-refractivity contribution in [1.29, 1.82) is 0 Å². The second-order valence-corrected chi connectivity index (χ2v) is 5.42. The molecule has 0 aromatic heterocycles. The van der Waals surface area contributed by atoms with Crippen molar-refractivity contribution < 1.29 is 9.53 Å².